The molecule has 0 aliphatic heterocycles. The van der Waals surface area contributed by atoms with Crippen molar-refractivity contribution in [1.29, 1.82) is 5.26 Å². The van der Waals surface area contributed by atoms with Crippen LogP contribution in [0.5, 0.6) is 5.75 Å². The molecule has 5 heteroatoms. The fourth-order valence-electron chi connectivity index (χ4n) is 1.68. The number of rotatable bonds is 4. The molecule has 0 radical (unpaired) electrons. The number of nitrogens with zero attached hydrogens (tertiary/aromatic N) is 1. The Morgan fingerprint density at radius 3 is 2.38 bits per heavy atom. The van der Waals surface area contributed by atoms with Crippen LogP contribution in [0.4, 0.5) is 11.4 Å². The Balaban J connectivity index is 1.95. The number of nitriles is 1. The van der Waals surface area contributed by atoms with Crippen molar-refractivity contribution < 1.29 is 9.53 Å². The van der Waals surface area contributed by atoms with E-state index in [9.17, 15) is 4.79 Å². The van der Waals surface area contributed by atoms with Crippen molar-refractivity contribution >= 4 is 17.3 Å². The predicted molar refractivity (Wildman–Crippen MR) is 80.7 cm³/mol. The van der Waals surface area contributed by atoms with Gasteiger partial charge in [-0.05, 0) is 55.5 Å². The summed E-state index contributed by atoms with van der Waals surface area (Å²) in [5.74, 6) is 0.276. The van der Waals surface area contributed by atoms with Gasteiger partial charge in [0.2, 0.25) is 0 Å². The summed E-state index contributed by atoms with van der Waals surface area (Å²) in [5, 5.41) is 11.5. The van der Waals surface area contributed by atoms with E-state index in [0.29, 0.717) is 22.7 Å². The lowest BCUT2D eigenvalue weighted by atomic mass is 10.2. The highest BCUT2D eigenvalue weighted by molar-refractivity contribution is 5.94. The molecule has 0 heterocycles. The lowest BCUT2D eigenvalue weighted by Crippen LogP contribution is -2.30. The minimum Gasteiger partial charge on any atom is -0.481 e. The Labute approximate surface area is 123 Å². The van der Waals surface area contributed by atoms with Crippen molar-refractivity contribution in [3.8, 4) is 11.8 Å². The number of carbonyl (C=O) groups excluding carboxylic acids is 1. The summed E-state index contributed by atoms with van der Waals surface area (Å²) >= 11 is 0. The summed E-state index contributed by atoms with van der Waals surface area (Å²) < 4.78 is 5.53. The zero-order valence-corrected chi connectivity index (χ0v) is 11.5. The van der Waals surface area contributed by atoms with Gasteiger partial charge in [-0.25, -0.2) is 0 Å². The Morgan fingerprint density at radius 1 is 1.19 bits per heavy atom. The van der Waals surface area contributed by atoms with Crippen molar-refractivity contribution in [3.63, 3.8) is 0 Å². The van der Waals surface area contributed by atoms with E-state index in [-0.39, 0.29) is 5.91 Å². The molecule has 0 aliphatic rings. The largest absolute Gasteiger partial charge is 0.481 e. The molecule has 0 saturated carbocycles. The average Bonchev–Trinajstić information content (AvgIpc) is 2.50. The molecule has 2 rings (SSSR count). The molecule has 5 nitrogen and oxygen atoms in total. The van der Waals surface area contributed by atoms with E-state index >= 15 is 0 Å². The molecule has 21 heavy (non-hydrogen) atoms. The minimum absolute atomic E-state index is 0.260. The number of anilines is 2. The number of benzene rings is 2. The number of amides is 1. The van der Waals surface area contributed by atoms with Gasteiger partial charge in [0.05, 0.1) is 11.6 Å². The second-order valence-corrected chi connectivity index (χ2v) is 4.51. The van der Waals surface area contributed by atoms with E-state index in [2.05, 4.69) is 5.32 Å². The first kappa shape index (κ1) is 14.4. The second kappa shape index (κ2) is 6.44. The molecule has 1 atom stereocenters. The predicted octanol–water partition coefficient (Wildman–Crippen LogP) is 2.55. The number of carbonyl (C=O) groups is 1. The number of nitrogens with two attached hydrogens (primary N) is 1. The molecule has 106 valence electrons. The van der Waals surface area contributed by atoms with Crippen molar-refractivity contribution in [2.24, 2.45) is 0 Å². The third-order valence-electron chi connectivity index (χ3n) is 2.84. The maximum absolute atomic E-state index is 12.0. The van der Waals surface area contributed by atoms with Crippen molar-refractivity contribution in [3.05, 3.63) is 54.1 Å². The monoisotopic (exact) mass is 281 g/mol. The molecule has 1 unspecified atom stereocenters. The molecule has 1 amide bonds. The maximum Gasteiger partial charge on any atom is 0.265 e. The van der Waals surface area contributed by atoms with Gasteiger partial charge in [0.25, 0.3) is 5.91 Å². The topological polar surface area (TPSA) is 88.1 Å². The van der Waals surface area contributed by atoms with Gasteiger partial charge in [-0.1, -0.05) is 0 Å². The average molecular weight is 281 g/mol. The molecule has 0 fully saturated rings. The third kappa shape index (κ3) is 3.98. The molecule has 2 aromatic rings. The molecule has 0 aliphatic carbocycles. The summed E-state index contributed by atoms with van der Waals surface area (Å²) in [6.07, 6.45) is -0.657. The van der Waals surface area contributed by atoms with Crippen LogP contribution in [0.1, 0.15) is 12.5 Å². The van der Waals surface area contributed by atoms with E-state index in [1.165, 1.54) is 0 Å². The smallest absolute Gasteiger partial charge is 0.265 e. The van der Waals surface area contributed by atoms with Crippen LogP contribution in [0.25, 0.3) is 0 Å². The SMILES string of the molecule is CC(Oc1ccc(C#N)cc1)C(=O)Nc1ccc(N)cc1. The molecule has 3 N–H and O–H groups in total. The first-order chi connectivity index (χ1) is 10.1. The number of hydrogen-bond donors (Lipinski definition) is 2. The molecular weight excluding hydrogens is 266 g/mol. The van der Waals surface area contributed by atoms with Crippen molar-refractivity contribution in [2.45, 2.75) is 13.0 Å². The maximum atomic E-state index is 12.0. The van der Waals surface area contributed by atoms with Crippen LogP contribution in [-0.2, 0) is 4.79 Å². The molecule has 2 aromatic carbocycles. The molecule has 0 aromatic heterocycles. The van der Waals surface area contributed by atoms with E-state index in [0.717, 1.165) is 0 Å². The van der Waals surface area contributed by atoms with Crippen LogP contribution in [0.3, 0.4) is 0 Å². The van der Waals surface area contributed by atoms with Crippen LogP contribution in [0.2, 0.25) is 0 Å². The van der Waals surface area contributed by atoms with Crippen molar-refractivity contribution in [1.82, 2.24) is 0 Å². The zero-order chi connectivity index (χ0) is 15.2. The van der Waals surface area contributed by atoms with Crippen LogP contribution in [0.15, 0.2) is 48.5 Å². The highest BCUT2D eigenvalue weighted by atomic mass is 16.5. The Hall–Kier alpha value is -3.00. The van der Waals surface area contributed by atoms with Gasteiger partial charge in [-0.15, -0.1) is 0 Å². The van der Waals surface area contributed by atoms with E-state index < -0.39 is 6.10 Å². The molecular formula is C16H15N3O2. The van der Waals surface area contributed by atoms with Gasteiger partial charge in [0, 0.05) is 11.4 Å². The lowest BCUT2D eigenvalue weighted by Gasteiger charge is -2.14. The van der Waals surface area contributed by atoms with Crippen LogP contribution in [-0.4, -0.2) is 12.0 Å². The number of hydrogen-bond acceptors (Lipinski definition) is 4. The summed E-state index contributed by atoms with van der Waals surface area (Å²) in [5.41, 5.74) is 7.42. The lowest BCUT2D eigenvalue weighted by molar-refractivity contribution is -0.122. The van der Waals surface area contributed by atoms with Gasteiger partial charge < -0.3 is 15.8 Å². The summed E-state index contributed by atoms with van der Waals surface area (Å²) in [6.45, 7) is 1.66. The first-order valence-electron chi connectivity index (χ1n) is 6.41. The highest BCUT2D eigenvalue weighted by Gasteiger charge is 2.14. The summed E-state index contributed by atoms with van der Waals surface area (Å²) in [6, 6.07) is 15.5. The molecule has 0 saturated heterocycles. The Kier molecular flexibility index (Phi) is 4.42. The fraction of sp³-hybridized carbons (Fsp3) is 0.125. The summed E-state index contributed by atoms with van der Waals surface area (Å²) in [7, 11) is 0. The van der Waals surface area contributed by atoms with Gasteiger partial charge in [-0.3, -0.25) is 4.79 Å². The number of ether oxygens (including phenoxy) is 1. The van der Waals surface area contributed by atoms with E-state index in [4.69, 9.17) is 15.7 Å². The highest BCUT2D eigenvalue weighted by Crippen LogP contribution is 2.15. The van der Waals surface area contributed by atoms with E-state index in [1.54, 1.807) is 55.5 Å². The van der Waals surface area contributed by atoms with Gasteiger partial charge in [0.1, 0.15) is 5.75 Å². The Morgan fingerprint density at radius 2 is 1.81 bits per heavy atom. The standard InChI is InChI=1S/C16H15N3O2/c1-11(21-15-8-2-12(10-17)3-9-15)16(20)19-14-6-4-13(18)5-7-14/h2-9,11H,18H2,1H3,(H,19,20). The van der Waals surface area contributed by atoms with Gasteiger partial charge in [-0.2, -0.15) is 5.26 Å². The minimum atomic E-state index is -0.657. The number of nitrogens with one attached hydrogen (secondary N) is 1. The number of nitrogen functional groups attached to an aromatic ring is 1. The first-order valence-corrected chi connectivity index (χ1v) is 6.41. The molecule has 0 spiro atoms. The van der Waals surface area contributed by atoms with Crippen LogP contribution < -0.4 is 15.8 Å². The van der Waals surface area contributed by atoms with Gasteiger partial charge >= 0.3 is 0 Å². The Bertz CT molecular complexity index is 657. The normalized spacial score (nSPS) is 11.2. The van der Waals surface area contributed by atoms with Gasteiger partial charge in [0.15, 0.2) is 6.10 Å². The zero-order valence-electron chi connectivity index (χ0n) is 11.5. The fourth-order valence-corrected chi connectivity index (χ4v) is 1.68. The van der Waals surface area contributed by atoms with Crippen LogP contribution >= 0.6 is 0 Å². The van der Waals surface area contributed by atoms with Crippen molar-refractivity contribution in [2.75, 3.05) is 11.1 Å². The third-order valence-corrected chi connectivity index (χ3v) is 2.84. The molecule has 0 bridgehead atoms. The second-order valence-electron chi connectivity index (χ2n) is 4.51. The summed E-state index contributed by atoms with van der Waals surface area (Å²) in [4.78, 5) is 12.0. The van der Waals surface area contributed by atoms with E-state index in [1.807, 2.05) is 6.07 Å². The quantitative estimate of drug-likeness (QED) is 0.843. The van der Waals surface area contributed by atoms with Crippen LogP contribution in [0, 0.1) is 11.3 Å².